The zero-order valence-electron chi connectivity index (χ0n) is 7.73. The summed E-state index contributed by atoms with van der Waals surface area (Å²) in [4.78, 5) is 0.446. The molecule has 2 aromatic rings. The molecule has 0 aliphatic carbocycles. The molecule has 0 amide bonds. The van der Waals surface area contributed by atoms with Gasteiger partial charge >= 0.3 is 0 Å². The number of aryl methyl sites for hydroxylation is 1. The Morgan fingerprint density at radius 3 is 2.43 bits per heavy atom. The van der Waals surface area contributed by atoms with Crippen molar-refractivity contribution in [2.75, 3.05) is 0 Å². The van der Waals surface area contributed by atoms with Crippen LogP contribution in [0.25, 0.3) is 10.8 Å². The SMILES string of the molecule is Cc1ccc2cc(S(=O)O)ccc2c1. The highest BCUT2D eigenvalue weighted by molar-refractivity contribution is 7.79. The van der Waals surface area contributed by atoms with Gasteiger partial charge in [-0.1, -0.05) is 29.8 Å². The molecule has 0 saturated carbocycles. The van der Waals surface area contributed by atoms with E-state index in [0.717, 1.165) is 10.8 Å². The molecule has 14 heavy (non-hydrogen) atoms. The molecule has 72 valence electrons. The monoisotopic (exact) mass is 206 g/mol. The number of rotatable bonds is 1. The molecule has 0 saturated heterocycles. The fourth-order valence-corrected chi connectivity index (χ4v) is 1.86. The van der Waals surface area contributed by atoms with E-state index in [0.29, 0.717) is 4.90 Å². The molecular weight excluding hydrogens is 196 g/mol. The van der Waals surface area contributed by atoms with Crippen LogP contribution in [0.15, 0.2) is 41.3 Å². The summed E-state index contributed by atoms with van der Waals surface area (Å²) in [5, 5.41) is 2.09. The Morgan fingerprint density at radius 2 is 1.71 bits per heavy atom. The minimum Gasteiger partial charge on any atom is -0.302 e. The predicted molar refractivity (Wildman–Crippen MR) is 57.7 cm³/mol. The normalized spacial score (nSPS) is 13.0. The maximum Gasteiger partial charge on any atom is 0.186 e. The largest absolute Gasteiger partial charge is 0.302 e. The third kappa shape index (κ3) is 1.69. The van der Waals surface area contributed by atoms with Crippen molar-refractivity contribution in [3.8, 4) is 0 Å². The lowest BCUT2D eigenvalue weighted by Crippen LogP contribution is -1.87. The average Bonchev–Trinajstić information content (AvgIpc) is 2.16. The van der Waals surface area contributed by atoms with Crippen molar-refractivity contribution >= 4 is 21.9 Å². The second-order valence-corrected chi connectivity index (χ2v) is 4.23. The van der Waals surface area contributed by atoms with Crippen molar-refractivity contribution in [3.05, 3.63) is 42.0 Å². The van der Waals surface area contributed by atoms with Crippen molar-refractivity contribution in [2.45, 2.75) is 11.8 Å². The van der Waals surface area contributed by atoms with Crippen LogP contribution in [0.5, 0.6) is 0 Å². The molecule has 0 bridgehead atoms. The molecule has 1 unspecified atom stereocenters. The highest BCUT2D eigenvalue weighted by atomic mass is 32.2. The molecule has 0 spiro atoms. The Bertz CT molecular complexity index is 506. The van der Waals surface area contributed by atoms with E-state index < -0.39 is 11.1 Å². The van der Waals surface area contributed by atoms with Crippen molar-refractivity contribution in [1.82, 2.24) is 0 Å². The summed E-state index contributed by atoms with van der Waals surface area (Å²) < 4.78 is 19.7. The number of fused-ring (bicyclic) bond motifs is 1. The van der Waals surface area contributed by atoms with Crippen LogP contribution in [0.3, 0.4) is 0 Å². The molecule has 3 heteroatoms. The van der Waals surface area contributed by atoms with Gasteiger partial charge < -0.3 is 4.55 Å². The second-order valence-electron chi connectivity index (χ2n) is 3.26. The highest BCUT2D eigenvalue weighted by Gasteiger charge is 2.00. The first-order chi connectivity index (χ1) is 6.66. The first-order valence-electron chi connectivity index (χ1n) is 4.28. The molecule has 0 aliphatic rings. The summed E-state index contributed by atoms with van der Waals surface area (Å²) in [7, 11) is 0. The average molecular weight is 206 g/mol. The second kappa shape index (κ2) is 3.52. The summed E-state index contributed by atoms with van der Waals surface area (Å²) in [6.45, 7) is 2.03. The van der Waals surface area contributed by atoms with Gasteiger partial charge in [0.1, 0.15) is 0 Å². The molecule has 0 aromatic heterocycles. The first-order valence-corrected chi connectivity index (χ1v) is 5.39. The highest BCUT2D eigenvalue weighted by Crippen LogP contribution is 2.18. The molecule has 2 rings (SSSR count). The van der Waals surface area contributed by atoms with Crippen LogP contribution >= 0.6 is 0 Å². The lowest BCUT2D eigenvalue weighted by molar-refractivity contribution is 0.564. The number of hydrogen-bond donors (Lipinski definition) is 1. The summed E-state index contributed by atoms with van der Waals surface area (Å²) in [5.41, 5.74) is 1.19. The molecular formula is C11H10O2S. The van der Waals surface area contributed by atoms with E-state index in [1.165, 1.54) is 5.56 Å². The maximum absolute atomic E-state index is 10.8. The molecule has 0 heterocycles. The van der Waals surface area contributed by atoms with E-state index >= 15 is 0 Å². The Balaban J connectivity index is 2.67. The summed E-state index contributed by atoms with van der Waals surface area (Å²) in [6.07, 6.45) is 0. The van der Waals surface area contributed by atoms with E-state index in [9.17, 15) is 4.21 Å². The van der Waals surface area contributed by atoms with Crippen LogP contribution in [-0.2, 0) is 11.1 Å². The third-order valence-corrected chi connectivity index (χ3v) is 2.83. The summed E-state index contributed by atoms with van der Waals surface area (Å²) >= 11 is -1.89. The van der Waals surface area contributed by atoms with E-state index in [2.05, 4.69) is 6.07 Å². The molecule has 0 aliphatic heterocycles. The third-order valence-electron chi connectivity index (χ3n) is 2.17. The van der Waals surface area contributed by atoms with Crippen LogP contribution in [-0.4, -0.2) is 8.76 Å². The molecule has 2 nitrogen and oxygen atoms in total. The zero-order valence-corrected chi connectivity index (χ0v) is 8.54. The van der Waals surface area contributed by atoms with Crippen molar-refractivity contribution in [1.29, 1.82) is 0 Å². The van der Waals surface area contributed by atoms with Gasteiger partial charge in [-0.05, 0) is 29.8 Å². The first kappa shape index (κ1) is 9.37. The zero-order chi connectivity index (χ0) is 10.1. The van der Waals surface area contributed by atoms with Crippen molar-refractivity contribution < 1.29 is 8.76 Å². The van der Waals surface area contributed by atoms with E-state index in [4.69, 9.17) is 4.55 Å². The van der Waals surface area contributed by atoms with Gasteiger partial charge in [-0.3, -0.25) is 0 Å². The van der Waals surface area contributed by atoms with E-state index in [-0.39, 0.29) is 0 Å². The van der Waals surface area contributed by atoms with Crippen LogP contribution < -0.4 is 0 Å². The van der Waals surface area contributed by atoms with Crippen molar-refractivity contribution in [3.63, 3.8) is 0 Å². The van der Waals surface area contributed by atoms with Gasteiger partial charge in [-0.25, -0.2) is 4.21 Å². The quantitative estimate of drug-likeness (QED) is 0.728. The minimum absolute atomic E-state index is 0.446. The van der Waals surface area contributed by atoms with Gasteiger partial charge in [0.05, 0.1) is 4.90 Å². The standard InChI is InChI=1S/C11H10O2S/c1-8-2-3-10-7-11(14(12)13)5-4-9(10)6-8/h2-7H,1H3,(H,12,13). The summed E-state index contributed by atoms with van der Waals surface area (Å²) in [6, 6.07) is 11.3. The fraction of sp³-hybridized carbons (Fsp3) is 0.0909. The Kier molecular flexibility index (Phi) is 2.35. The van der Waals surface area contributed by atoms with Gasteiger partial charge in [0, 0.05) is 0 Å². The number of hydrogen-bond acceptors (Lipinski definition) is 1. The lowest BCUT2D eigenvalue weighted by atomic mass is 10.1. The Hall–Kier alpha value is -1.19. The molecule has 1 N–H and O–H groups in total. The lowest BCUT2D eigenvalue weighted by Gasteiger charge is -2.01. The number of benzene rings is 2. The molecule has 0 fully saturated rings. The summed E-state index contributed by atoms with van der Waals surface area (Å²) in [5.74, 6) is 0. The Labute approximate surface area is 84.9 Å². The smallest absolute Gasteiger partial charge is 0.186 e. The minimum atomic E-state index is -1.89. The topological polar surface area (TPSA) is 37.3 Å². The molecule has 2 aromatic carbocycles. The van der Waals surface area contributed by atoms with Crippen LogP contribution in [0.1, 0.15) is 5.56 Å². The van der Waals surface area contributed by atoms with Gasteiger partial charge in [0.25, 0.3) is 0 Å². The van der Waals surface area contributed by atoms with Crippen LogP contribution in [0.4, 0.5) is 0 Å². The Morgan fingerprint density at radius 1 is 1.07 bits per heavy atom. The van der Waals surface area contributed by atoms with E-state index in [1.807, 2.05) is 25.1 Å². The molecule has 0 radical (unpaired) electrons. The van der Waals surface area contributed by atoms with Crippen LogP contribution in [0, 0.1) is 6.92 Å². The van der Waals surface area contributed by atoms with Crippen molar-refractivity contribution in [2.24, 2.45) is 0 Å². The van der Waals surface area contributed by atoms with Gasteiger partial charge in [-0.2, -0.15) is 0 Å². The van der Waals surface area contributed by atoms with Crippen LogP contribution in [0.2, 0.25) is 0 Å². The van der Waals surface area contributed by atoms with Gasteiger partial charge in [0.15, 0.2) is 11.1 Å². The predicted octanol–water partition coefficient (Wildman–Crippen LogP) is 2.73. The fourth-order valence-electron chi connectivity index (χ4n) is 1.45. The molecule has 1 atom stereocenters. The van der Waals surface area contributed by atoms with Gasteiger partial charge in [0.2, 0.25) is 0 Å². The van der Waals surface area contributed by atoms with Gasteiger partial charge in [-0.15, -0.1) is 0 Å². The maximum atomic E-state index is 10.8. The van der Waals surface area contributed by atoms with E-state index in [1.54, 1.807) is 12.1 Å².